The molecule has 4 rings (SSSR count). The average Bonchev–Trinajstić information content (AvgIpc) is 3.20. The van der Waals surface area contributed by atoms with Crippen molar-refractivity contribution < 1.29 is 9.59 Å². The van der Waals surface area contributed by atoms with Gasteiger partial charge in [-0.05, 0) is 35.9 Å². The Morgan fingerprint density at radius 2 is 2.15 bits per heavy atom. The zero-order valence-corrected chi connectivity index (χ0v) is 16.2. The molecule has 2 heterocycles. The predicted octanol–water partition coefficient (Wildman–Crippen LogP) is 3.51. The van der Waals surface area contributed by atoms with Crippen molar-refractivity contribution in [1.82, 2.24) is 4.90 Å². The van der Waals surface area contributed by atoms with Crippen molar-refractivity contribution in [1.29, 1.82) is 5.26 Å². The van der Waals surface area contributed by atoms with Crippen LogP contribution in [0, 0.1) is 11.3 Å². The van der Waals surface area contributed by atoms with Crippen LogP contribution in [-0.2, 0) is 21.0 Å². The van der Waals surface area contributed by atoms with E-state index in [2.05, 4.69) is 6.07 Å². The molecule has 0 bridgehead atoms. The Balaban J connectivity index is 1.82. The SMILES string of the molecule is CC(=O)N1CCSC12C(=O)N(Cc1cccc(C#N)c1)c1ccc(Cl)cc12. The Bertz CT molecular complexity index is 1000. The Hall–Kier alpha value is -2.49. The van der Waals surface area contributed by atoms with Crippen molar-refractivity contribution in [3.05, 3.63) is 64.2 Å². The number of thioether (sulfide) groups is 1. The summed E-state index contributed by atoms with van der Waals surface area (Å²) in [6.07, 6.45) is 0. The van der Waals surface area contributed by atoms with E-state index in [0.717, 1.165) is 16.8 Å². The molecule has 0 aromatic heterocycles. The number of benzene rings is 2. The number of rotatable bonds is 2. The molecule has 1 spiro atoms. The summed E-state index contributed by atoms with van der Waals surface area (Å²) in [6, 6.07) is 14.7. The standard InChI is InChI=1S/C20H16ClN3O2S/c1-13(25)24-7-8-27-20(24)17-10-16(21)5-6-18(17)23(19(20)26)12-15-4-2-3-14(9-15)11-22/h2-6,9-10H,7-8,12H2,1H3. The summed E-state index contributed by atoms with van der Waals surface area (Å²) >= 11 is 7.70. The lowest BCUT2D eigenvalue weighted by Crippen LogP contribution is -2.49. The molecule has 7 heteroatoms. The van der Waals surface area contributed by atoms with Gasteiger partial charge in [0, 0.05) is 29.8 Å². The molecule has 0 N–H and O–H groups in total. The maximum atomic E-state index is 13.6. The molecule has 2 aliphatic heterocycles. The van der Waals surface area contributed by atoms with Crippen LogP contribution in [0.4, 0.5) is 5.69 Å². The third-order valence-corrected chi connectivity index (χ3v) is 6.59. The molecule has 0 radical (unpaired) electrons. The summed E-state index contributed by atoms with van der Waals surface area (Å²) in [7, 11) is 0. The molecule has 136 valence electrons. The van der Waals surface area contributed by atoms with E-state index in [4.69, 9.17) is 16.9 Å². The first kappa shape index (κ1) is 17.9. The van der Waals surface area contributed by atoms with Crippen LogP contribution in [0.3, 0.4) is 0 Å². The number of hydrogen-bond acceptors (Lipinski definition) is 4. The van der Waals surface area contributed by atoms with Gasteiger partial charge in [0.2, 0.25) is 5.91 Å². The molecule has 2 aromatic carbocycles. The summed E-state index contributed by atoms with van der Waals surface area (Å²) in [4.78, 5) is 28.1. The molecule has 2 aliphatic rings. The second kappa shape index (κ2) is 6.59. The second-order valence-corrected chi connectivity index (χ2v) is 8.25. The van der Waals surface area contributed by atoms with Gasteiger partial charge >= 0.3 is 0 Å². The molecule has 0 aliphatic carbocycles. The molecule has 1 unspecified atom stereocenters. The number of carbonyl (C=O) groups is 2. The van der Waals surface area contributed by atoms with E-state index in [-0.39, 0.29) is 11.8 Å². The Kier molecular flexibility index (Phi) is 4.37. The van der Waals surface area contributed by atoms with Crippen molar-refractivity contribution in [3.8, 4) is 6.07 Å². The number of halogens is 1. The zero-order valence-electron chi connectivity index (χ0n) is 14.6. The summed E-state index contributed by atoms with van der Waals surface area (Å²) in [5.74, 6) is 0.419. The number of fused-ring (bicyclic) bond motifs is 2. The molecular weight excluding hydrogens is 382 g/mol. The summed E-state index contributed by atoms with van der Waals surface area (Å²) in [5.41, 5.74) is 2.92. The van der Waals surface area contributed by atoms with Gasteiger partial charge in [-0.2, -0.15) is 5.26 Å². The van der Waals surface area contributed by atoms with Gasteiger partial charge in [-0.1, -0.05) is 23.7 Å². The molecular formula is C20H16ClN3O2S. The zero-order chi connectivity index (χ0) is 19.2. The van der Waals surface area contributed by atoms with E-state index in [1.165, 1.54) is 18.7 Å². The van der Waals surface area contributed by atoms with E-state index in [9.17, 15) is 9.59 Å². The van der Waals surface area contributed by atoms with Crippen LogP contribution in [0.2, 0.25) is 5.02 Å². The highest BCUT2D eigenvalue weighted by molar-refractivity contribution is 8.01. The second-order valence-electron chi connectivity index (χ2n) is 6.53. The molecule has 5 nitrogen and oxygen atoms in total. The van der Waals surface area contributed by atoms with Gasteiger partial charge in [-0.15, -0.1) is 11.8 Å². The molecule has 1 fully saturated rings. The van der Waals surface area contributed by atoms with Crippen LogP contribution in [-0.4, -0.2) is 29.0 Å². The number of amides is 2. The first-order valence-corrected chi connectivity index (χ1v) is 9.87. The number of carbonyl (C=O) groups excluding carboxylic acids is 2. The van der Waals surface area contributed by atoms with Crippen LogP contribution >= 0.6 is 23.4 Å². The lowest BCUT2D eigenvalue weighted by atomic mass is 10.1. The van der Waals surface area contributed by atoms with Crippen molar-refractivity contribution >= 4 is 40.9 Å². The quantitative estimate of drug-likeness (QED) is 0.777. The molecule has 2 aromatic rings. The average molecular weight is 398 g/mol. The Morgan fingerprint density at radius 3 is 2.89 bits per heavy atom. The van der Waals surface area contributed by atoms with Crippen LogP contribution in [0.1, 0.15) is 23.6 Å². The first-order valence-electron chi connectivity index (χ1n) is 8.50. The number of anilines is 1. The van der Waals surface area contributed by atoms with Crippen molar-refractivity contribution in [3.63, 3.8) is 0 Å². The molecule has 0 saturated carbocycles. The maximum absolute atomic E-state index is 13.6. The van der Waals surface area contributed by atoms with Crippen LogP contribution < -0.4 is 4.90 Å². The summed E-state index contributed by atoms with van der Waals surface area (Å²) in [5, 5.41) is 9.67. The minimum atomic E-state index is -1.06. The van der Waals surface area contributed by atoms with Crippen molar-refractivity contribution in [2.45, 2.75) is 18.3 Å². The van der Waals surface area contributed by atoms with Crippen LogP contribution in [0.15, 0.2) is 42.5 Å². The maximum Gasteiger partial charge on any atom is 0.268 e. The highest BCUT2D eigenvalue weighted by Crippen LogP contribution is 2.54. The van der Waals surface area contributed by atoms with Crippen molar-refractivity contribution in [2.24, 2.45) is 0 Å². The largest absolute Gasteiger partial charge is 0.315 e. The highest BCUT2D eigenvalue weighted by Gasteiger charge is 2.58. The molecule has 1 atom stereocenters. The monoisotopic (exact) mass is 397 g/mol. The molecule has 27 heavy (non-hydrogen) atoms. The minimum Gasteiger partial charge on any atom is -0.315 e. The fraction of sp³-hybridized carbons (Fsp3) is 0.250. The van der Waals surface area contributed by atoms with Gasteiger partial charge in [0.25, 0.3) is 5.91 Å². The van der Waals surface area contributed by atoms with Gasteiger partial charge in [0.15, 0.2) is 4.87 Å². The van der Waals surface area contributed by atoms with E-state index in [1.54, 1.807) is 40.1 Å². The summed E-state index contributed by atoms with van der Waals surface area (Å²) in [6.45, 7) is 2.34. The van der Waals surface area contributed by atoms with Crippen molar-refractivity contribution in [2.75, 3.05) is 17.2 Å². The van der Waals surface area contributed by atoms with Gasteiger partial charge < -0.3 is 9.80 Å². The van der Waals surface area contributed by atoms with E-state index < -0.39 is 4.87 Å². The Labute approximate surface area is 166 Å². The minimum absolute atomic E-state index is 0.132. The van der Waals surface area contributed by atoms with Gasteiger partial charge in [-0.25, -0.2) is 0 Å². The van der Waals surface area contributed by atoms with Crippen LogP contribution in [0.25, 0.3) is 0 Å². The third-order valence-electron chi connectivity index (χ3n) is 4.93. The topological polar surface area (TPSA) is 64.4 Å². The van der Waals surface area contributed by atoms with Gasteiger partial charge in [0.1, 0.15) is 0 Å². The normalized spacial score (nSPS) is 20.9. The molecule has 1 saturated heterocycles. The number of nitriles is 1. The Morgan fingerprint density at radius 1 is 1.33 bits per heavy atom. The smallest absolute Gasteiger partial charge is 0.268 e. The highest BCUT2D eigenvalue weighted by atomic mass is 35.5. The number of hydrogen-bond donors (Lipinski definition) is 0. The third kappa shape index (κ3) is 2.70. The van der Waals surface area contributed by atoms with E-state index in [0.29, 0.717) is 29.4 Å². The lowest BCUT2D eigenvalue weighted by molar-refractivity contribution is -0.138. The molecule has 2 amide bonds. The lowest BCUT2D eigenvalue weighted by Gasteiger charge is -2.32. The fourth-order valence-electron chi connectivity index (χ4n) is 3.80. The van der Waals surface area contributed by atoms with E-state index in [1.807, 2.05) is 12.1 Å². The fourth-order valence-corrected chi connectivity index (χ4v) is 5.47. The predicted molar refractivity (Wildman–Crippen MR) is 105 cm³/mol. The number of nitrogens with zero attached hydrogens (tertiary/aromatic N) is 3. The van der Waals surface area contributed by atoms with Gasteiger partial charge in [-0.3, -0.25) is 9.59 Å². The van der Waals surface area contributed by atoms with Gasteiger partial charge in [0.05, 0.1) is 23.9 Å². The summed E-state index contributed by atoms with van der Waals surface area (Å²) < 4.78 is 0. The van der Waals surface area contributed by atoms with E-state index >= 15 is 0 Å². The first-order chi connectivity index (χ1) is 13.0. The van der Waals surface area contributed by atoms with Crippen LogP contribution in [0.5, 0.6) is 0 Å².